The first kappa shape index (κ1) is 30.5. The molecule has 0 aliphatic carbocycles. The van der Waals surface area contributed by atoms with Crippen LogP contribution >= 0.6 is 0 Å². The molecule has 0 radical (unpaired) electrons. The molecule has 0 amide bonds. The Labute approximate surface area is 206 Å². The van der Waals surface area contributed by atoms with E-state index in [9.17, 15) is 13.0 Å². The van der Waals surface area contributed by atoms with Gasteiger partial charge >= 0.3 is 37.7 Å². The summed E-state index contributed by atoms with van der Waals surface area (Å²) in [4.78, 5) is 0.0610. The number of unbranched alkanes of at least 4 members (excludes halogenated alkanes) is 9. The van der Waals surface area contributed by atoms with Gasteiger partial charge in [0.05, 0.1) is 4.90 Å². The van der Waals surface area contributed by atoms with Gasteiger partial charge in [0.15, 0.2) is 0 Å². The molecule has 0 aromatic heterocycles. The molecule has 1 N–H and O–H groups in total. The van der Waals surface area contributed by atoms with E-state index in [-0.39, 0.29) is 45.5 Å². The molecule has 0 fully saturated rings. The van der Waals surface area contributed by atoms with Gasteiger partial charge in [-0.25, -0.2) is 0 Å². The van der Waals surface area contributed by atoms with Crippen molar-refractivity contribution in [2.75, 3.05) is 13.2 Å². The zero-order valence-electron chi connectivity index (χ0n) is 20.3. The molecule has 1 aromatic carbocycles. The minimum atomic E-state index is -4.10. The second kappa shape index (κ2) is 20.6. The average molecular weight is 443 g/mol. The third-order valence-electron chi connectivity index (χ3n) is 4.46. The molecule has 0 unspecified atom stereocenters. The molecule has 0 aliphatic rings. The SMILES string of the molecule is CCCCCCCCCCCCc1ccccc1S(=O)(=O)O.CCOCC.[Ca+2].[H-].[H-]. The predicted octanol–water partition coefficient (Wildman–Crippen LogP) is 6.28. The van der Waals surface area contributed by atoms with Crippen LogP contribution < -0.4 is 0 Å². The van der Waals surface area contributed by atoms with Crippen molar-refractivity contribution in [3.63, 3.8) is 0 Å². The second-order valence-electron chi connectivity index (χ2n) is 6.80. The van der Waals surface area contributed by atoms with Crippen LogP contribution in [-0.2, 0) is 21.3 Å². The standard InChI is InChI=1S/C18H30O3S.C4H10O.Ca.2H/c1-2-3-4-5-6-7-8-9-10-11-14-17-15-12-13-16-18(17)22(19,20)21;1-3-5-4-2;;;/h12-13,15-16H,2-11,14H2,1H3,(H,19,20,21);3-4H2,1-2H3;;;/q;;+2;2*-1. The number of hydrogen-bond donors (Lipinski definition) is 1. The quantitative estimate of drug-likeness (QED) is 0.209. The van der Waals surface area contributed by atoms with Crippen LogP contribution in [0.1, 0.15) is 93.4 Å². The normalized spacial score (nSPS) is 10.7. The molecule has 28 heavy (non-hydrogen) atoms. The molecule has 0 aliphatic heterocycles. The summed E-state index contributed by atoms with van der Waals surface area (Å²) in [6, 6.07) is 6.73. The van der Waals surface area contributed by atoms with E-state index >= 15 is 0 Å². The Morgan fingerprint density at radius 3 is 1.71 bits per heavy atom. The summed E-state index contributed by atoms with van der Waals surface area (Å²) in [5.74, 6) is 0. The largest absolute Gasteiger partial charge is 2.00 e. The molecule has 0 spiro atoms. The average Bonchev–Trinajstić information content (AvgIpc) is 2.64. The van der Waals surface area contributed by atoms with Gasteiger partial charge < -0.3 is 7.59 Å². The second-order valence-corrected chi connectivity index (χ2v) is 8.19. The van der Waals surface area contributed by atoms with E-state index in [4.69, 9.17) is 4.74 Å². The number of ether oxygens (including phenoxy) is 1. The van der Waals surface area contributed by atoms with Gasteiger partial charge in [-0.3, -0.25) is 4.55 Å². The number of benzene rings is 1. The summed E-state index contributed by atoms with van der Waals surface area (Å²) in [5.41, 5.74) is 0.726. The zero-order chi connectivity index (χ0) is 20.4. The van der Waals surface area contributed by atoms with Crippen LogP contribution in [0.15, 0.2) is 29.2 Å². The Hall–Kier alpha value is 0.350. The Morgan fingerprint density at radius 2 is 1.29 bits per heavy atom. The maximum absolute atomic E-state index is 11.3. The first-order valence-electron chi connectivity index (χ1n) is 10.6. The molecule has 6 heteroatoms. The number of rotatable bonds is 14. The molecule has 1 rings (SSSR count). The molecular weight excluding hydrogens is 400 g/mol. The summed E-state index contributed by atoms with van der Waals surface area (Å²) in [7, 11) is -4.10. The molecule has 4 nitrogen and oxygen atoms in total. The van der Waals surface area contributed by atoms with E-state index in [1.54, 1.807) is 12.1 Å². The summed E-state index contributed by atoms with van der Waals surface area (Å²) in [6.45, 7) is 7.90. The first-order chi connectivity index (χ1) is 13.0. The molecule has 0 heterocycles. The molecule has 0 saturated heterocycles. The fraction of sp³-hybridized carbons (Fsp3) is 0.727. The topological polar surface area (TPSA) is 63.6 Å². The van der Waals surface area contributed by atoms with Crippen molar-refractivity contribution < 1.29 is 20.6 Å². The summed E-state index contributed by atoms with van der Waals surface area (Å²) in [5, 5.41) is 0. The third-order valence-corrected chi connectivity index (χ3v) is 5.41. The van der Waals surface area contributed by atoms with Gasteiger partial charge in [-0.05, 0) is 38.3 Å². The van der Waals surface area contributed by atoms with Crippen molar-refractivity contribution in [1.29, 1.82) is 0 Å². The smallest absolute Gasteiger partial charge is 1.00 e. The van der Waals surface area contributed by atoms with Gasteiger partial charge in [-0.1, -0.05) is 82.9 Å². The van der Waals surface area contributed by atoms with Crippen molar-refractivity contribution in [1.82, 2.24) is 0 Å². The van der Waals surface area contributed by atoms with Crippen molar-refractivity contribution in [2.24, 2.45) is 0 Å². The van der Waals surface area contributed by atoms with Crippen molar-refractivity contribution in [3.05, 3.63) is 29.8 Å². The van der Waals surface area contributed by atoms with Crippen LogP contribution in [-0.4, -0.2) is 63.9 Å². The van der Waals surface area contributed by atoms with Gasteiger partial charge in [-0.2, -0.15) is 8.42 Å². The predicted molar refractivity (Wildman–Crippen MR) is 122 cm³/mol. The molecule has 1 aromatic rings. The molecule has 162 valence electrons. The van der Waals surface area contributed by atoms with Crippen LogP contribution in [0, 0.1) is 0 Å². The number of hydrogen-bond acceptors (Lipinski definition) is 3. The van der Waals surface area contributed by atoms with E-state index < -0.39 is 10.1 Å². The monoisotopic (exact) mass is 442 g/mol. The number of aryl methyl sites for hydroxylation is 1. The van der Waals surface area contributed by atoms with Crippen molar-refractivity contribution in [2.45, 2.75) is 96.3 Å². The minimum absolute atomic E-state index is 0. The molecule has 0 bridgehead atoms. The fourth-order valence-electron chi connectivity index (χ4n) is 2.97. The Morgan fingerprint density at radius 1 is 0.821 bits per heavy atom. The Balaban J connectivity index is -0.000000378. The van der Waals surface area contributed by atoms with E-state index in [1.807, 2.05) is 19.9 Å². The summed E-state index contributed by atoms with van der Waals surface area (Å²) >= 11 is 0. The molecular formula is C22H42CaO4S. The van der Waals surface area contributed by atoms with E-state index in [2.05, 4.69) is 6.92 Å². The van der Waals surface area contributed by atoms with Crippen molar-refractivity contribution in [3.8, 4) is 0 Å². The van der Waals surface area contributed by atoms with Gasteiger partial charge in [0.25, 0.3) is 10.1 Å². The molecule has 0 saturated carbocycles. The fourth-order valence-corrected chi connectivity index (χ4v) is 3.72. The van der Waals surface area contributed by atoms with Gasteiger partial charge in [0, 0.05) is 13.2 Å². The van der Waals surface area contributed by atoms with E-state index in [1.165, 1.54) is 57.4 Å². The summed E-state index contributed by atoms with van der Waals surface area (Å²) < 4.78 is 36.6. The molecule has 0 atom stereocenters. The minimum Gasteiger partial charge on any atom is -1.00 e. The first-order valence-corrected chi connectivity index (χ1v) is 12.0. The van der Waals surface area contributed by atoms with Gasteiger partial charge in [0.2, 0.25) is 0 Å². The zero-order valence-corrected chi connectivity index (χ0v) is 21.3. The van der Waals surface area contributed by atoms with E-state index in [0.29, 0.717) is 6.42 Å². The van der Waals surface area contributed by atoms with Gasteiger partial charge in [0.1, 0.15) is 0 Å². The van der Waals surface area contributed by atoms with Crippen LogP contribution in [0.3, 0.4) is 0 Å². The summed E-state index contributed by atoms with van der Waals surface area (Å²) in [6.07, 6.45) is 13.3. The Kier molecular flexibility index (Phi) is 22.5. The van der Waals surface area contributed by atoms with Crippen LogP contribution in [0.4, 0.5) is 0 Å². The Bertz CT molecular complexity index is 570. The van der Waals surface area contributed by atoms with Crippen LogP contribution in [0.2, 0.25) is 0 Å². The van der Waals surface area contributed by atoms with Crippen LogP contribution in [0.5, 0.6) is 0 Å². The van der Waals surface area contributed by atoms with E-state index in [0.717, 1.165) is 31.6 Å². The van der Waals surface area contributed by atoms with Gasteiger partial charge in [-0.15, -0.1) is 0 Å². The van der Waals surface area contributed by atoms with Crippen molar-refractivity contribution >= 4 is 47.9 Å². The van der Waals surface area contributed by atoms with Crippen LogP contribution in [0.25, 0.3) is 0 Å². The third kappa shape index (κ3) is 17.2. The maximum Gasteiger partial charge on any atom is 2.00 e. The maximum atomic E-state index is 11.3.